The molecule has 1 unspecified atom stereocenters. The van der Waals surface area contributed by atoms with Crippen LogP contribution < -0.4 is 5.32 Å². The van der Waals surface area contributed by atoms with E-state index in [9.17, 15) is 9.59 Å². The first kappa shape index (κ1) is 10.1. The van der Waals surface area contributed by atoms with Crippen molar-refractivity contribution in [3.8, 4) is 0 Å². The smallest absolute Gasteiger partial charge is 0.305 e. The van der Waals surface area contributed by atoms with Crippen LogP contribution in [0.2, 0.25) is 0 Å². The molecule has 0 saturated heterocycles. The van der Waals surface area contributed by atoms with Crippen molar-refractivity contribution in [2.75, 3.05) is 6.54 Å². The Morgan fingerprint density at radius 2 is 2.09 bits per heavy atom. The van der Waals surface area contributed by atoms with Crippen LogP contribution in [-0.4, -0.2) is 29.4 Å². The van der Waals surface area contributed by atoms with Gasteiger partial charge < -0.3 is 10.4 Å². The lowest BCUT2D eigenvalue weighted by atomic mass is 10.1. The summed E-state index contributed by atoms with van der Waals surface area (Å²) in [4.78, 5) is 20.9. The van der Waals surface area contributed by atoms with Gasteiger partial charge in [-0.1, -0.05) is 6.92 Å². The molecular weight excluding hydrogens is 146 g/mol. The van der Waals surface area contributed by atoms with Gasteiger partial charge in [-0.15, -0.1) is 0 Å². The molecule has 0 heterocycles. The van der Waals surface area contributed by atoms with E-state index >= 15 is 0 Å². The second-order valence-electron chi connectivity index (χ2n) is 2.32. The summed E-state index contributed by atoms with van der Waals surface area (Å²) in [6, 6.07) is -0.530. The van der Waals surface area contributed by atoms with E-state index in [4.69, 9.17) is 5.11 Å². The van der Waals surface area contributed by atoms with E-state index in [1.54, 1.807) is 0 Å². The first-order chi connectivity index (χ1) is 5.07. The third-order valence-electron chi connectivity index (χ3n) is 1.32. The van der Waals surface area contributed by atoms with E-state index in [0.29, 0.717) is 6.54 Å². The van der Waals surface area contributed by atoms with Crippen LogP contribution in [0.5, 0.6) is 0 Å². The van der Waals surface area contributed by atoms with Crippen molar-refractivity contribution in [3.05, 3.63) is 0 Å². The van der Waals surface area contributed by atoms with Gasteiger partial charge in [0.15, 0.2) is 0 Å². The van der Waals surface area contributed by atoms with Crippen LogP contribution in [0.3, 0.4) is 0 Å². The summed E-state index contributed by atoms with van der Waals surface area (Å²) in [6.45, 7) is 3.82. The molecule has 0 aliphatic heterocycles. The fraction of sp³-hybridized carbons (Fsp3) is 0.714. The van der Waals surface area contributed by atoms with Gasteiger partial charge >= 0.3 is 5.97 Å². The minimum Gasteiger partial charge on any atom is -0.481 e. The van der Waals surface area contributed by atoms with E-state index in [1.807, 2.05) is 6.92 Å². The standard InChI is InChI=1S/C7H13NO3/c1-3-8-6(5(2)9)4-7(10)11/h6,8H,3-4H2,1-2H3,(H,10,11). The molecule has 1 atom stereocenters. The average molecular weight is 159 g/mol. The molecule has 0 aliphatic rings. The third-order valence-corrected chi connectivity index (χ3v) is 1.32. The highest BCUT2D eigenvalue weighted by Crippen LogP contribution is 1.92. The zero-order valence-electron chi connectivity index (χ0n) is 6.76. The lowest BCUT2D eigenvalue weighted by Crippen LogP contribution is -2.36. The molecule has 2 N–H and O–H groups in total. The first-order valence-electron chi connectivity index (χ1n) is 3.53. The van der Waals surface area contributed by atoms with Crippen LogP contribution >= 0.6 is 0 Å². The molecule has 0 aromatic rings. The van der Waals surface area contributed by atoms with Gasteiger partial charge in [-0.05, 0) is 13.5 Å². The van der Waals surface area contributed by atoms with Crippen molar-refractivity contribution < 1.29 is 14.7 Å². The number of carbonyl (C=O) groups is 2. The molecule has 0 bridgehead atoms. The van der Waals surface area contributed by atoms with E-state index in [1.165, 1.54) is 6.92 Å². The minimum atomic E-state index is -0.953. The Balaban J connectivity index is 3.89. The van der Waals surface area contributed by atoms with Gasteiger partial charge in [-0.25, -0.2) is 0 Å². The zero-order valence-corrected chi connectivity index (χ0v) is 6.76. The molecule has 0 fully saturated rings. The van der Waals surface area contributed by atoms with E-state index in [-0.39, 0.29) is 12.2 Å². The molecule has 4 nitrogen and oxygen atoms in total. The van der Waals surface area contributed by atoms with Crippen LogP contribution in [0.1, 0.15) is 20.3 Å². The predicted molar refractivity (Wildman–Crippen MR) is 40.4 cm³/mol. The monoisotopic (exact) mass is 159 g/mol. The molecule has 64 valence electrons. The van der Waals surface area contributed by atoms with Crippen LogP contribution in [0, 0.1) is 0 Å². The Morgan fingerprint density at radius 1 is 1.55 bits per heavy atom. The molecule has 0 saturated carbocycles. The number of ketones is 1. The van der Waals surface area contributed by atoms with Gasteiger partial charge in [-0.2, -0.15) is 0 Å². The number of likely N-dealkylation sites (N-methyl/N-ethyl adjacent to an activating group) is 1. The lowest BCUT2D eigenvalue weighted by Gasteiger charge is -2.10. The minimum absolute atomic E-state index is 0.130. The van der Waals surface area contributed by atoms with Gasteiger partial charge in [0.05, 0.1) is 12.5 Å². The molecule has 0 aromatic carbocycles. The molecule has 0 aromatic heterocycles. The Labute approximate surface area is 65.6 Å². The average Bonchev–Trinajstić information content (AvgIpc) is 1.86. The molecule has 0 amide bonds. The third kappa shape index (κ3) is 4.50. The number of carboxylic acids is 1. The van der Waals surface area contributed by atoms with Crippen molar-refractivity contribution >= 4 is 11.8 Å². The molecule has 0 spiro atoms. The van der Waals surface area contributed by atoms with E-state index < -0.39 is 12.0 Å². The number of carbonyl (C=O) groups excluding carboxylic acids is 1. The topological polar surface area (TPSA) is 66.4 Å². The summed E-state index contributed by atoms with van der Waals surface area (Å²) >= 11 is 0. The van der Waals surface area contributed by atoms with Crippen molar-refractivity contribution in [1.82, 2.24) is 5.32 Å². The van der Waals surface area contributed by atoms with Gasteiger partial charge in [0.2, 0.25) is 0 Å². The van der Waals surface area contributed by atoms with E-state index in [2.05, 4.69) is 5.32 Å². The fourth-order valence-electron chi connectivity index (χ4n) is 0.781. The van der Waals surface area contributed by atoms with Gasteiger partial charge in [0, 0.05) is 0 Å². The Morgan fingerprint density at radius 3 is 2.36 bits per heavy atom. The maximum absolute atomic E-state index is 10.7. The fourth-order valence-corrected chi connectivity index (χ4v) is 0.781. The summed E-state index contributed by atoms with van der Waals surface area (Å²) in [6.07, 6.45) is -0.136. The Hall–Kier alpha value is -0.900. The maximum Gasteiger partial charge on any atom is 0.305 e. The summed E-state index contributed by atoms with van der Waals surface area (Å²) < 4.78 is 0. The predicted octanol–water partition coefficient (Wildman–Crippen LogP) is 0.0282. The SMILES string of the molecule is CCNC(CC(=O)O)C(C)=O. The largest absolute Gasteiger partial charge is 0.481 e. The quantitative estimate of drug-likeness (QED) is 0.594. The van der Waals surface area contributed by atoms with Crippen LogP contribution in [-0.2, 0) is 9.59 Å². The van der Waals surface area contributed by atoms with E-state index in [0.717, 1.165) is 0 Å². The number of nitrogens with one attached hydrogen (secondary N) is 1. The normalized spacial score (nSPS) is 12.5. The number of hydrogen-bond acceptors (Lipinski definition) is 3. The first-order valence-corrected chi connectivity index (χ1v) is 3.53. The maximum atomic E-state index is 10.7. The number of rotatable bonds is 5. The van der Waals surface area contributed by atoms with Gasteiger partial charge in [0.1, 0.15) is 5.78 Å². The molecule has 11 heavy (non-hydrogen) atoms. The lowest BCUT2D eigenvalue weighted by molar-refractivity contribution is -0.139. The zero-order chi connectivity index (χ0) is 8.85. The number of carboxylic acid groups (broad SMARTS) is 1. The summed E-state index contributed by atoms with van der Waals surface area (Å²) in [5, 5.41) is 11.2. The Bertz CT molecular complexity index is 156. The van der Waals surface area contributed by atoms with Crippen molar-refractivity contribution in [2.24, 2.45) is 0 Å². The second-order valence-corrected chi connectivity index (χ2v) is 2.32. The number of hydrogen-bond donors (Lipinski definition) is 2. The summed E-state index contributed by atoms with van der Waals surface area (Å²) in [5.74, 6) is -1.08. The molecule has 4 heteroatoms. The molecule has 0 radical (unpaired) electrons. The van der Waals surface area contributed by atoms with Gasteiger partial charge in [-0.3, -0.25) is 9.59 Å². The molecule has 0 aliphatic carbocycles. The van der Waals surface area contributed by atoms with Crippen LogP contribution in [0.15, 0.2) is 0 Å². The second kappa shape index (κ2) is 4.85. The van der Waals surface area contributed by atoms with Crippen molar-refractivity contribution in [2.45, 2.75) is 26.3 Å². The summed E-state index contributed by atoms with van der Waals surface area (Å²) in [7, 11) is 0. The number of Topliss-reactive ketones (excluding diaryl/α,β-unsaturated/α-hetero) is 1. The highest BCUT2D eigenvalue weighted by atomic mass is 16.4. The highest BCUT2D eigenvalue weighted by molar-refractivity contribution is 5.85. The van der Waals surface area contributed by atoms with Crippen LogP contribution in [0.25, 0.3) is 0 Å². The van der Waals surface area contributed by atoms with Crippen molar-refractivity contribution in [1.29, 1.82) is 0 Å². The Kier molecular flexibility index (Phi) is 4.45. The highest BCUT2D eigenvalue weighted by Gasteiger charge is 2.15. The molecular formula is C7H13NO3. The molecule has 0 rings (SSSR count). The summed E-state index contributed by atoms with van der Waals surface area (Å²) in [5.41, 5.74) is 0. The van der Waals surface area contributed by atoms with Gasteiger partial charge in [0.25, 0.3) is 0 Å². The number of aliphatic carboxylic acids is 1. The van der Waals surface area contributed by atoms with Crippen LogP contribution in [0.4, 0.5) is 0 Å². The van der Waals surface area contributed by atoms with Crippen molar-refractivity contribution in [3.63, 3.8) is 0 Å².